The minimum Gasteiger partial charge on any atom is -0.339 e. The smallest absolute Gasteiger partial charge is 0.261 e. The first-order valence-corrected chi connectivity index (χ1v) is 8.82. The lowest BCUT2D eigenvalue weighted by Crippen LogP contribution is -2.34. The molecule has 0 aromatic heterocycles. The van der Waals surface area contributed by atoms with Crippen LogP contribution in [-0.4, -0.2) is 32.3 Å². The fourth-order valence-electron chi connectivity index (χ4n) is 1.99. The molecule has 20 heavy (non-hydrogen) atoms. The fourth-order valence-corrected chi connectivity index (χ4v) is 2.83. The summed E-state index contributed by atoms with van der Waals surface area (Å²) in [5.74, 6) is 0.291. The number of halogens is 1. The van der Waals surface area contributed by atoms with Crippen LogP contribution >= 0.6 is 10.7 Å². The molecule has 0 unspecified atom stereocenters. The molecule has 1 rings (SSSR count). The Bertz CT molecular complexity index is 596. The Balaban J connectivity index is 3.11. The normalized spacial score (nSPS) is 11.7. The molecule has 0 heterocycles. The Labute approximate surface area is 125 Å². The summed E-state index contributed by atoms with van der Waals surface area (Å²) in [4.78, 5) is 14.2. The maximum Gasteiger partial charge on any atom is 0.261 e. The van der Waals surface area contributed by atoms with Crippen molar-refractivity contribution in [1.29, 1.82) is 0 Å². The zero-order valence-corrected chi connectivity index (χ0v) is 13.8. The first-order valence-electron chi connectivity index (χ1n) is 6.51. The maximum absolute atomic E-state index is 12.4. The van der Waals surface area contributed by atoms with Gasteiger partial charge in [-0.3, -0.25) is 4.79 Å². The van der Waals surface area contributed by atoms with Crippen LogP contribution in [0.1, 0.15) is 36.7 Å². The standard InChI is InChI=1S/C14H20ClNO3S/c1-5-16(9-10(2)3)14(17)13-7-6-12(8-11(13)4)20(15,18)19/h6-8,10H,5,9H2,1-4H3. The molecule has 0 aliphatic heterocycles. The van der Waals surface area contributed by atoms with Crippen molar-refractivity contribution in [1.82, 2.24) is 4.90 Å². The number of benzene rings is 1. The van der Waals surface area contributed by atoms with Crippen LogP contribution in [0.3, 0.4) is 0 Å². The van der Waals surface area contributed by atoms with Gasteiger partial charge in [-0.2, -0.15) is 0 Å². The predicted molar refractivity (Wildman–Crippen MR) is 80.6 cm³/mol. The average Bonchev–Trinajstić information content (AvgIpc) is 2.33. The number of aryl methyl sites for hydroxylation is 1. The van der Waals surface area contributed by atoms with E-state index in [0.29, 0.717) is 30.1 Å². The van der Waals surface area contributed by atoms with Crippen LogP contribution in [-0.2, 0) is 9.05 Å². The van der Waals surface area contributed by atoms with Gasteiger partial charge in [0, 0.05) is 29.3 Å². The number of carbonyl (C=O) groups is 1. The number of hydrogen-bond acceptors (Lipinski definition) is 3. The summed E-state index contributed by atoms with van der Waals surface area (Å²) >= 11 is 0. The molecule has 0 radical (unpaired) electrons. The average molecular weight is 318 g/mol. The molecule has 0 bridgehead atoms. The van der Waals surface area contributed by atoms with Crippen molar-refractivity contribution in [3.8, 4) is 0 Å². The molecule has 0 spiro atoms. The maximum atomic E-state index is 12.4. The first kappa shape index (κ1) is 17.0. The van der Waals surface area contributed by atoms with Crippen LogP contribution in [0.25, 0.3) is 0 Å². The quantitative estimate of drug-likeness (QED) is 0.784. The highest BCUT2D eigenvalue weighted by Gasteiger charge is 2.19. The van der Waals surface area contributed by atoms with E-state index < -0.39 is 9.05 Å². The van der Waals surface area contributed by atoms with Crippen molar-refractivity contribution in [2.45, 2.75) is 32.6 Å². The summed E-state index contributed by atoms with van der Waals surface area (Å²) in [6.07, 6.45) is 0. The van der Waals surface area contributed by atoms with Gasteiger partial charge in [0.1, 0.15) is 0 Å². The van der Waals surface area contributed by atoms with Crippen LogP contribution in [0.4, 0.5) is 0 Å². The second-order valence-electron chi connectivity index (χ2n) is 5.15. The van der Waals surface area contributed by atoms with Crippen LogP contribution in [0.2, 0.25) is 0 Å². The molecule has 6 heteroatoms. The molecular weight excluding hydrogens is 298 g/mol. The zero-order valence-electron chi connectivity index (χ0n) is 12.2. The zero-order chi connectivity index (χ0) is 15.5. The molecule has 1 aromatic rings. The van der Waals surface area contributed by atoms with Crippen LogP contribution < -0.4 is 0 Å². The van der Waals surface area contributed by atoms with Gasteiger partial charge in [0.05, 0.1) is 4.90 Å². The Morgan fingerprint density at radius 1 is 1.35 bits per heavy atom. The van der Waals surface area contributed by atoms with E-state index in [1.165, 1.54) is 18.2 Å². The molecule has 1 amide bonds. The molecule has 0 N–H and O–H groups in total. The highest BCUT2D eigenvalue weighted by Crippen LogP contribution is 2.20. The second kappa shape index (κ2) is 6.59. The van der Waals surface area contributed by atoms with Crippen LogP contribution in [0, 0.1) is 12.8 Å². The number of rotatable bonds is 5. The first-order chi connectivity index (χ1) is 9.16. The SMILES string of the molecule is CCN(CC(C)C)C(=O)c1ccc(S(=O)(=O)Cl)cc1C. The Hall–Kier alpha value is -1.07. The van der Waals surface area contributed by atoms with E-state index in [1.807, 2.05) is 20.8 Å². The van der Waals surface area contributed by atoms with E-state index in [0.717, 1.165) is 0 Å². The van der Waals surface area contributed by atoms with E-state index >= 15 is 0 Å². The van der Waals surface area contributed by atoms with Gasteiger partial charge in [-0.05, 0) is 43.5 Å². The predicted octanol–water partition coefficient (Wildman–Crippen LogP) is 3.04. The van der Waals surface area contributed by atoms with E-state index in [2.05, 4.69) is 0 Å². The Kier molecular flexibility index (Phi) is 5.59. The molecule has 4 nitrogen and oxygen atoms in total. The second-order valence-corrected chi connectivity index (χ2v) is 7.72. The lowest BCUT2D eigenvalue weighted by atomic mass is 10.1. The molecule has 0 atom stereocenters. The van der Waals surface area contributed by atoms with Crippen molar-refractivity contribution in [2.75, 3.05) is 13.1 Å². The van der Waals surface area contributed by atoms with Gasteiger partial charge in [-0.1, -0.05) is 13.8 Å². The lowest BCUT2D eigenvalue weighted by molar-refractivity contribution is 0.0745. The molecule has 0 saturated heterocycles. The van der Waals surface area contributed by atoms with E-state index in [9.17, 15) is 13.2 Å². The highest BCUT2D eigenvalue weighted by molar-refractivity contribution is 8.13. The van der Waals surface area contributed by atoms with Gasteiger partial charge in [-0.25, -0.2) is 8.42 Å². The van der Waals surface area contributed by atoms with E-state index in [4.69, 9.17) is 10.7 Å². The Morgan fingerprint density at radius 3 is 2.35 bits per heavy atom. The van der Waals surface area contributed by atoms with Crippen molar-refractivity contribution >= 4 is 25.6 Å². The van der Waals surface area contributed by atoms with E-state index in [1.54, 1.807) is 11.8 Å². The summed E-state index contributed by atoms with van der Waals surface area (Å²) in [5, 5.41) is 0. The molecule has 112 valence electrons. The molecule has 0 aliphatic rings. The summed E-state index contributed by atoms with van der Waals surface area (Å²) in [7, 11) is 1.53. The third-order valence-electron chi connectivity index (χ3n) is 2.96. The monoisotopic (exact) mass is 317 g/mol. The number of carbonyl (C=O) groups excluding carboxylic acids is 1. The van der Waals surface area contributed by atoms with Gasteiger partial charge < -0.3 is 4.90 Å². The van der Waals surface area contributed by atoms with Crippen molar-refractivity contribution < 1.29 is 13.2 Å². The number of nitrogens with zero attached hydrogens (tertiary/aromatic N) is 1. The Morgan fingerprint density at radius 2 is 1.95 bits per heavy atom. The van der Waals surface area contributed by atoms with Gasteiger partial charge >= 0.3 is 0 Å². The van der Waals surface area contributed by atoms with Crippen LogP contribution in [0.5, 0.6) is 0 Å². The number of hydrogen-bond donors (Lipinski definition) is 0. The fraction of sp³-hybridized carbons (Fsp3) is 0.500. The minimum absolute atomic E-state index is 0.0140. The van der Waals surface area contributed by atoms with Gasteiger partial charge in [0.25, 0.3) is 15.0 Å². The van der Waals surface area contributed by atoms with Crippen molar-refractivity contribution in [2.24, 2.45) is 5.92 Å². The lowest BCUT2D eigenvalue weighted by Gasteiger charge is -2.23. The summed E-state index contributed by atoms with van der Waals surface area (Å²) < 4.78 is 22.5. The molecule has 0 aliphatic carbocycles. The topological polar surface area (TPSA) is 54.5 Å². The minimum atomic E-state index is -3.77. The molecular formula is C14H20ClNO3S. The summed E-state index contributed by atoms with van der Waals surface area (Å²) in [6.45, 7) is 9.02. The van der Waals surface area contributed by atoms with Crippen molar-refractivity contribution in [3.63, 3.8) is 0 Å². The molecule has 1 aromatic carbocycles. The third kappa shape index (κ3) is 4.21. The van der Waals surface area contributed by atoms with Gasteiger partial charge in [0.15, 0.2) is 0 Å². The largest absolute Gasteiger partial charge is 0.339 e. The summed E-state index contributed by atoms with van der Waals surface area (Å²) in [6, 6.07) is 4.32. The van der Waals surface area contributed by atoms with Gasteiger partial charge in [-0.15, -0.1) is 0 Å². The molecule has 0 fully saturated rings. The highest BCUT2D eigenvalue weighted by atomic mass is 35.7. The third-order valence-corrected chi connectivity index (χ3v) is 4.32. The van der Waals surface area contributed by atoms with Crippen molar-refractivity contribution in [3.05, 3.63) is 29.3 Å². The van der Waals surface area contributed by atoms with E-state index in [-0.39, 0.29) is 10.8 Å². The molecule has 0 saturated carbocycles. The van der Waals surface area contributed by atoms with Gasteiger partial charge in [0.2, 0.25) is 0 Å². The van der Waals surface area contributed by atoms with Crippen LogP contribution in [0.15, 0.2) is 23.1 Å². The summed E-state index contributed by atoms with van der Waals surface area (Å²) in [5.41, 5.74) is 1.12. The number of amides is 1.